The van der Waals surface area contributed by atoms with Crippen molar-refractivity contribution in [3.8, 4) is 0 Å². The highest BCUT2D eigenvalue weighted by atomic mass is 15.2. The zero-order valence-electron chi connectivity index (χ0n) is 10.3. The van der Waals surface area contributed by atoms with Gasteiger partial charge in [-0.25, -0.2) is 0 Å². The first kappa shape index (κ1) is 12.9. The van der Waals surface area contributed by atoms with E-state index in [9.17, 15) is 0 Å². The van der Waals surface area contributed by atoms with Gasteiger partial charge < -0.3 is 0 Å². The molecular weight excluding hydrogens is 196 g/mol. The number of aryl methyl sites for hydroxylation is 1. The summed E-state index contributed by atoms with van der Waals surface area (Å²) in [6.45, 7) is 8.11. The van der Waals surface area contributed by atoms with Gasteiger partial charge in [-0.3, -0.25) is 11.3 Å². The van der Waals surface area contributed by atoms with Gasteiger partial charge in [0.15, 0.2) is 0 Å². The summed E-state index contributed by atoms with van der Waals surface area (Å²) in [4.78, 5) is 0. The highest BCUT2D eigenvalue weighted by Crippen LogP contribution is 2.13. The molecule has 0 fully saturated rings. The molecule has 0 heterocycles. The summed E-state index contributed by atoms with van der Waals surface area (Å²) in [5, 5.41) is 0. The number of benzene rings is 1. The van der Waals surface area contributed by atoms with Crippen LogP contribution in [0.4, 0.5) is 0 Å². The van der Waals surface area contributed by atoms with Gasteiger partial charge in [0, 0.05) is 6.04 Å². The molecule has 2 nitrogen and oxygen atoms in total. The third kappa shape index (κ3) is 4.17. The van der Waals surface area contributed by atoms with Gasteiger partial charge in [0.25, 0.3) is 0 Å². The van der Waals surface area contributed by atoms with Gasteiger partial charge in [-0.2, -0.15) is 0 Å². The number of hydrogen-bond donors (Lipinski definition) is 2. The zero-order chi connectivity index (χ0) is 12.0. The van der Waals surface area contributed by atoms with E-state index in [0.717, 1.165) is 19.3 Å². The smallest absolute Gasteiger partial charge is 0.0254 e. The fourth-order valence-electron chi connectivity index (χ4n) is 1.77. The lowest BCUT2D eigenvalue weighted by molar-refractivity contribution is 0.490. The van der Waals surface area contributed by atoms with Crippen LogP contribution in [-0.4, -0.2) is 6.04 Å². The second-order valence-corrected chi connectivity index (χ2v) is 4.49. The Morgan fingerprint density at radius 1 is 1.44 bits per heavy atom. The van der Waals surface area contributed by atoms with Crippen molar-refractivity contribution in [1.29, 1.82) is 0 Å². The van der Waals surface area contributed by atoms with Crippen LogP contribution in [0.15, 0.2) is 36.4 Å². The summed E-state index contributed by atoms with van der Waals surface area (Å²) in [7, 11) is 0. The van der Waals surface area contributed by atoms with E-state index in [1.165, 1.54) is 16.7 Å². The third-order valence-corrected chi connectivity index (χ3v) is 2.88. The Labute approximate surface area is 98.5 Å². The lowest BCUT2D eigenvalue weighted by Gasteiger charge is -2.17. The van der Waals surface area contributed by atoms with Crippen molar-refractivity contribution in [3.63, 3.8) is 0 Å². The van der Waals surface area contributed by atoms with Crippen LogP contribution in [-0.2, 0) is 6.42 Å². The molecule has 1 unspecified atom stereocenters. The average molecular weight is 218 g/mol. The average Bonchev–Trinajstić information content (AvgIpc) is 2.26. The van der Waals surface area contributed by atoms with Gasteiger partial charge in [-0.1, -0.05) is 29.8 Å². The molecular formula is C14H22N2. The van der Waals surface area contributed by atoms with E-state index in [1.807, 2.05) is 0 Å². The molecule has 0 saturated heterocycles. The van der Waals surface area contributed by atoms with Crippen molar-refractivity contribution >= 4 is 0 Å². The number of nitrogens with two attached hydrogens (primary N) is 1. The number of hydrogen-bond acceptors (Lipinski definition) is 2. The quantitative estimate of drug-likeness (QED) is 0.438. The van der Waals surface area contributed by atoms with E-state index in [0.29, 0.717) is 6.04 Å². The topological polar surface area (TPSA) is 38.0 Å². The van der Waals surface area contributed by atoms with E-state index in [1.54, 1.807) is 0 Å². The lowest BCUT2D eigenvalue weighted by atomic mass is 9.97. The first-order valence-corrected chi connectivity index (χ1v) is 5.78. The molecule has 88 valence electrons. The minimum atomic E-state index is 0.331. The molecule has 0 aliphatic heterocycles. The van der Waals surface area contributed by atoms with Crippen LogP contribution < -0.4 is 11.3 Å². The van der Waals surface area contributed by atoms with Crippen molar-refractivity contribution in [1.82, 2.24) is 5.43 Å². The molecule has 0 aliphatic carbocycles. The maximum Gasteiger partial charge on any atom is 0.0254 e. The number of hydrazine groups is 1. The van der Waals surface area contributed by atoms with Crippen LogP contribution in [0.3, 0.4) is 0 Å². The van der Waals surface area contributed by atoms with Crippen LogP contribution >= 0.6 is 0 Å². The van der Waals surface area contributed by atoms with Gasteiger partial charge in [0.1, 0.15) is 0 Å². The van der Waals surface area contributed by atoms with Crippen LogP contribution in [0.25, 0.3) is 0 Å². The van der Waals surface area contributed by atoms with Crippen LogP contribution in [0.1, 0.15) is 30.9 Å². The fourth-order valence-corrected chi connectivity index (χ4v) is 1.77. The Morgan fingerprint density at radius 3 is 2.69 bits per heavy atom. The highest BCUT2D eigenvalue weighted by Gasteiger charge is 2.08. The maximum absolute atomic E-state index is 5.58. The van der Waals surface area contributed by atoms with Gasteiger partial charge in [0.2, 0.25) is 0 Å². The summed E-state index contributed by atoms with van der Waals surface area (Å²) < 4.78 is 0. The van der Waals surface area contributed by atoms with E-state index in [-0.39, 0.29) is 0 Å². The minimum Gasteiger partial charge on any atom is -0.271 e. The molecule has 0 spiro atoms. The molecule has 1 atom stereocenters. The number of allylic oxidation sites excluding steroid dienone is 1. The summed E-state index contributed by atoms with van der Waals surface area (Å²) in [6.07, 6.45) is 3.05. The van der Waals surface area contributed by atoms with Crippen molar-refractivity contribution in [2.45, 2.75) is 39.2 Å². The second kappa shape index (κ2) is 6.46. The molecule has 1 rings (SSSR count). The van der Waals surface area contributed by atoms with Crippen molar-refractivity contribution in [2.24, 2.45) is 5.84 Å². The van der Waals surface area contributed by atoms with Crippen LogP contribution in [0.5, 0.6) is 0 Å². The molecule has 0 saturated carbocycles. The predicted octanol–water partition coefficient (Wildman–Crippen LogP) is 2.73. The zero-order valence-corrected chi connectivity index (χ0v) is 10.3. The Balaban J connectivity index is 2.56. The van der Waals surface area contributed by atoms with E-state index >= 15 is 0 Å². The van der Waals surface area contributed by atoms with Crippen molar-refractivity contribution in [3.05, 3.63) is 47.5 Å². The van der Waals surface area contributed by atoms with E-state index in [4.69, 9.17) is 5.84 Å². The van der Waals surface area contributed by atoms with Crippen LogP contribution in [0.2, 0.25) is 0 Å². The molecule has 1 aromatic carbocycles. The SMILES string of the molecule is C=C(C)CCC(Cc1ccccc1C)NN. The molecule has 16 heavy (non-hydrogen) atoms. The highest BCUT2D eigenvalue weighted by molar-refractivity contribution is 5.26. The van der Waals surface area contributed by atoms with Crippen molar-refractivity contribution < 1.29 is 0 Å². The summed E-state index contributed by atoms with van der Waals surface area (Å²) in [5.74, 6) is 5.58. The van der Waals surface area contributed by atoms with E-state index < -0.39 is 0 Å². The Morgan fingerprint density at radius 2 is 2.12 bits per heavy atom. The minimum absolute atomic E-state index is 0.331. The molecule has 0 aliphatic rings. The Bertz CT molecular complexity index is 344. The first-order valence-electron chi connectivity index (χ1n) is 5.78. The van der Waals surface area contributed by atoms with Crippen molar-refractivity contribution in [2.75, 3.05) is 0 Å². The monoisotopic (exact) mass is 218 g/mol. The van der Waals surface area contributed by atoms with Gasteiger partial charge >= 0.3 is 0 Å². The second-order valence-electron chi connectivity index (χ2n) is 4.49. The summed E-state index contributed by atoms with van der Waals surface area (Å²) in [6, 6.07) is 8.78. The number of rotatable bonds is 6. The molecule has 1 aromatic rings. The first-order chi connectivity index (χ1) is 7.63. The van der Waals surface area contributed by atoms with Gasteiger partial charge in [-0.05, 0) is 44.2 Å². The fraction of sp³-hybridized carbons (Fsp3) is 0.429. The Hall–Kier alpha value is -1.12. The Kier molecular flexibility index (Phi) is 5.23. The largest absolute Gasteiger partial charge is 0.271 e. The van der Waals surface area contributed by atoms with Gasteiger partial charge in [-0.15, -0.1) is 6.58 Å². The standard InChI is InChI=1S/C14H22N2/c1-11(2)8-9-14(16-15)10-13-7-5-4-6-12(13)3/h4-7,14,16H,1,8-10,15H2,2-3H3. The molecule has 2 heteroatoms. The summed E-state index contributed by atoms with van der Waals surface area (Å²) in [5.41, 5.74) is 6.80. The molecule has 0 amide bonds. The van der Waals surface area contributed by atoms with Gasteiger partial charge in [0.05, 0.1) is 0 Å². The number of nitrogens with one attached hydrogen (secondary N) is 1. The molecule has 0 aromatic heterocycles. The van der Waals surface area contributed by atoms with Crippen LogP contribution in [0, 0.1) is 6.92 Å². The summed E-state index contributed by atoms with van der Waals surface area (Å²) >= 11 is 0. The molecule has 0 bridgehead atoms. The predicted molar refractivity (Wildman–Crippen MR) is 70.0 cm³/mol. The molecule has 3 N–H and O–H groups in total. The lowest BCUT2D eigenvalue weighted by Crippen LogP contribution is -2.36. The molecule has 0 radical (unpaired) electrons. The maximum atomic E-state index is 5.58. The third-order valence-electron chi connectivity index (χ3n) is 2.88. The van der Waals surface area contributed by atoms with E-state index in [2.05, 4.69) is 50.1 Å². The normalized spacial score (nSPS) is 12.4.